The maximum Gasteiger partial charge on any atom is 0.151 e. The molecular weight excluding hydrogens is 190 g/mol. The van der Waals surface area contributed by atoms with Crippen LogP contribution in [-0.4, -0.2) is 23.1 Å². The van der Waals surface area contributed by atoms with Crippen molar-refractivity contribution in [3.8, 4) is 0 Å². The van der Waals surface area contributed by atoms with Gasteiger partial charge in [0.1, 0.15) is 0 Å². The average molecular weight is 209 g/mol. The minimum absolute atomic E-state index is 0.450. The second-order valence-corrected chi connectivity index (χ2v) is 4.48. The molecule has 1 atom stereocenters. The van der Waals surface area contributed by atoms with E-state index in [1.165, 1.54) is 12.8 Å². The third-order valence-corrected chi connectivity index (χ3v) is 3.22. The predicted molar refractivity (Wildman–Crippen MR) is 58.0 cm³/mol. The van der Waals surface area contributed by atoms with Crippen molar-refractivity contribution in [2.24, 2.45) is 11.7 Å². The molecule has 0 saturated heterocycles. The summed E-state index contributed by atoms with van der Waals surface area (Å²) in [6, 6.07) is 2.58. The van der Waals surface area contributed by atoms with Crippen LogP contribution in [0.1, 0.15) is 31.2 Å². The molecule has 4 nitrogen and oxygen atoms in total. The van der Waals surface area contributed by atoms with E-state index in [1.54, 1.807) is 0 Å². The highest BCUT2D eigenvalue weighted by atomic mass is 16.5. The summed E-state index contributed by atoms with van der Waals surface area (Å²) in [5, 5.41) is 3.88. The number of hydrogen-bond donors (Lipinski definition) is 1. The lowest BCUT2D eigenvalue weighted by Gasteiger charge is -2.22. The molecule has 1 saturated carbocycles. The summed E-state index contributed by atoms with van der Waals surface area (Å²) in [5.41, 5.74) is 6.31. The van der Waals surface area contributed by atoms with Crippen LogP contribution in [0.2, 0.25) is 0 Å². The first-order chi connectivity index (χ1) is 7.20. The van der Waals surface area contributed by atoms with Crippen LogP contribution in [0.25, 0.3) is 0 Å². The first kappa shape index (κ1) is 10.6. The molecular formula is C11H19N3O. The van der Waals surface area contributed by atoms with E-state index in [-0.39, 0.29) is 0 Å². The largest absolute Gasteiger partial charge is 0.360 e. The van der Waals surface area contributed by atoms with E-state index in [1.807, 2.05) is 6.07 Å². The summed E-state index contributed by atoms with van der Waals surface area (Å²) in [6.45, 7) is 3.55. The van der Waals surface area contributed by atoms with E-state index in [4.69, 9.17) is 10.3 Å². The lowest BCUT2D eigenvalue weighted by Crippen LogP contribution is -2.30. The van der Waals surface area contributed by atoms with Gasteiger partial charge in [0.2, 0.25) is 0 Å². The molecule has 1 aromatic heterocycles. The third-order valence-electron chi connectivity index (χ3n) is 3.22. The van der Waals surface area contributed by atoms with Gasteiger partial charge < -0.3 is 10.3 Å². The molecule has 1 aromatic rings. The molecule has 1 unspecified atom stereocenters. The van der Waals surface area contributed by atoms with Gasteiger partial charge in [-0.3, -0.25) is 4.90 Å². The number of nitrogens with zero attached hydrogens (tertiary/aromatic N) is 2. The van der Waals surface area contributed by atoms with E-state index < -0.39 is 0 Å². The highest BCUT2D eigenvalue weighted by Gasteiger charge is 2.30. The van der Waals surface area contributed by atoms with E-state index in [9.17, 15) is 0 Å². The zero-order valence-electron chi connectivity index (χ0n) is 9.44. The number of nitrogens with two attached hydrogens (primary N) is 1. The molecule has 2 rings (SSSR count). The Bertz CT molecular complexity index is 319. The number of aromatic nitrogens is 1. The first-order valence-corrected chi connectivity index (χ1v) is 5.55. The van der Waals surface area contributed by atoms with Gasteiger partial charge in [-0.2, -0.15) is 0 Å². The second-order valence-electron chi connectivity index (χ2n) is 4.48. The van der Waals surface area contributed by atoms with Crippen molar-refractivity contribution in [1.29, 1.82) is 0 Å². The van der Waals surface area contributed by atoms with Gasteiger partial charge in [0.15, 0.2) is 5.76 Å². The molecule has 1 aliphatic rings. The average Bonchev–Trinajstić information content (AvgIpc) is 2.98. The zero-order chi connectivity index (χ0) is 10.8. The molecule has 1 fully saturated rings. The SMILES string of the molecule is CC(C1CC1)N(C)Cc1cc(CN)no1. The van der Waals surface area contributed by atoms with Gasteiger partial charge in [0.05, 0.1) is 12.2 Å². The van der Waals surface area contributed by atoms with E-state index in [0.29, 0.717) is 12.6 Å². The summed E-state index contributed by atoms with van der Waals surface area (Å²) in [5.74, 6) is 1.79. The predicted octanol–water partition coefficient (Wildman–Crippen LogP) is 1.36. The Hall–Kier alpha value is -0.870. The van der Waals surface area contributed by atoms with Crippen molar-refractivity contribution in [3.05, 3.63) is 17.5 Å². The molecule has 0 bridgehead atoms. The fourth-order valence-electron chi connectivity index (χ4n) is 1.85. The van der Waals surface area contributed by atoms with Crippen LogP contribution in [0, 0.1) is 5.92 Å². The van der Waals surface area contributed by atoms with Gasteiger partial charge in [-0.15, -0.1) is 0 Å². The molecule has 2 N–H and O–H groups in total. The molecule has 4 heteroatoms. The molecule has 0 aliphatic heterocycles. The Morgan fingerprint density at radius 3 is 2.93 bits per heavy atom. The fourth-order valence-corrected chi connectivity index (χ4v) is 1.85. The Labute approximate surface area is 90.4 Å². The Morgan fingerprint density at radius 1 is 1.67 bits per heavy atom. The number of rotatable bonds is 5. The van der Waals surface area contributed by atoms with Crippen LogP contribution in [0.4, 0.5) is 0 Å². The van der Waals surface area contributed by atoms with Gasteiger partial charge in [0, 0.05) is 18.7 Å². The molecule has 0 amide bonds. The molecule has 0 radical (unpaired) electrons. The minimum Gasteiger partial charge on any atom is -0.360 e. The Kier molecular flexibility index (Phi) is 3.07. The molecule has 1 heterocycles. The maximum absolute atomic E-state index is 5.48. The van der Waals surface area contributed by atoms with Crippen LogP contribution in [0.3, 0.4) is 0 Å². The van der Waals surface area contributed by atoms with Crippen LogP contribution in [-0.2, 0) is 13.1 Å². The van der Waals surface area contributed by atoms with Crippen molar-refractivity contribution in [2.75, 3.05) is 7.05 Å². The summed E-state index contributed by atoms with van der Waals surface area (Å²) in [6.07, 6.45) is 2.74. The summed E-state index contributed by atoms with van der Waals surface area (Å²) in [4.78, 5) is 2.32. The molecule has 15 heavy (non-hydrogen) atoms. The van der Waals surface area contributed by atoms with Crippen LogP contribution in [0.5, 0.6) is 0 Å². The quantitative estimate of drug-likeness (QED) is 0.795. The van der Waals surface area contributed by atoms with Crippen molar-refractivity contribution >= 4 is 0 Å². The fraction of sp³-hybridized carbons (Fsp3) is 0.727. The normalized spacial score (nSPS) is 18.4. The van der Waals surface area contributed by atoms with Crippen molar-refractivity contribution in [3.63, 3.8) is 0 Å². The third kappa shape index (κ3) is 2.58. The van der Waals surface area contributed by atoms with Crippen LogP contribution < -0.4 is 5.73 Å². The van der Waals surface area contributed by atoms with Gasteiger partial charge in [-0.05, 0) is 32.7 Å². The standard InChI is InChI=1S/C11H19N3O/c1-8(9-3-4-9)14(2)7-11-5-10(6-12)13-15-11/h5,8-9H,3-4,6-7,12H2,1-2H3. The van der Waals surface area contributed by atoms with Crippen molar-refractivity contribution < 1.29 is 4.52 Å². The van der Waals surface area contributed by atoms with Crippen LogP contribution >= 0.6 is 0 Å². The highest BCUT2D eigenvalue weighted by molar-refractivity contribution is 5.05. The highest BCUT2D eigenvalue weighted by Crippen LogP contribution is 2.35. The molecule has 0 aromatic carbocycles. The van der Waals surface area contributed by atoms with E-state index in [2.05, 4.69) is 24.0 Å². The first-order valence-electron chi connectivity index (χ1n) is 5.55. The maximum atomic E-state index is 5.48. The molecule has 1 aliphatic carbocycles. The smallest absolute Gasteiger partial charge is 0.151 e. The summed E-state index contributed by atoms with van der Waals surface area (Å²) < 4.78 is 5.20. The lowest BCUT2D eigenvalue weighted by atomic mass is 10.2. The van der Waals surface area contributed by atoms with E-state index in [0.717, 1.165) is 23.9 Å². The summed E-state index contributed by atoms with van der Waals surface area (Å²) in [7, 11) is 2.13. The Balaban J connectivity index is 1.89. The van der Waals surface area contributed by atoms with Crippen molar-refractivity contribution in [2.45, 2.75) is 38.9 Å². The zero-order valence-corrected chi connectivity index (χ0v) is 9.44. The Morgan fingerprint density at radius 2 is 2.40 bits per heavy atom. The molecule has 84 valence electrons. The van der Waals surface area contributed by atoms with Crippen LogP contribution in [0.15, 0.2) is 10.6 Å². The van der Waals surface area contributed by atoms with Gasteiger partial charge in [-0.25, -0.2) is 0 Å². The van der Waals surface area contributed by atoms with Gasteiger partial charge in [0.25, 0.3) is 0 Å². The monoisotopic (exact) mass is 209 g/mol. The lowest BCUT2D eigenvalue weighted by molar-refractivity contribution is 0.201. The van der Waals surface area contributed by atoms with Gasteiger partial charge >= 0.3 is 0 Å². The number of hydrogen-bond acceptors (Lipinski definition) is 4. The van der Waals surface area contributed by atoms with Crippen molar-refractivity contribution in [1.82, 2.24) is 10.1 Å². The second kappa shape index (κ2) is 4.33. The van der Waals surface area contributed by atoms with E-state index >= 15 is 0 Å². The van der Waals surface area contributed by atoms with Gasteiger partial charge in [-0.1, -0.05) is 5.16 Å². The molecule has 0 spiro atoms. The topological polar surface area (TPSA) is 55.3 Å². The summed E-state index contributed by atoms with van der Waals surface area (Å²) >= 11 is 0. The minimum atomic E-state index is 0.450.